The minimum absolute atomic E-state index is 0.108. The standard InChI is InChI=1S/C22H25N7O4/c1-14-12-15(2)28(26-14)21-7-6-20(24-25-21)27-10-8-16(9-11-27)22(30)23-18-13-17(29(31)32)4-5-19(18)33-3/h4-7,12-13,16H,8-11H2,1-3H3,(H,23,30). The van der Waals surface area contributed by atoms with Gasteiger partial charge in [-0.05, 0) is 51.0 Å². The van der Waals surface area contributed by atoms with Crippen molar-refractivity contribution in [2.75, 3.05) is 30.4 Å². The predicted molar refractivity (Wildman–Crippen MR) is 122 cm³/mol. The maximum atomic E-state index is 12.8. The van der Waals surface area contributed by atoms with E-state index in [4.69, 9.17) is 4.74 Å². The van der Waals surface area contributed by atoms with Crippen LogP contribution in [0.1, 0.15) is 24.2 Å². The van der Waals surface area contributed by atoms with Gasteiger partial charge < -0.3 is 15.0 Å². The SMILES string of the molecule is COc1ccc([N+](=O)[O-])cc1NC(=O)C1CCN(c2ccc(-n3nc(C)cc3C)nn2)CC1. The second kappa shape index (κ2) is 9.23. The van der Waals surface area contributed by atoms with Gasteiger partial charge in [-0.25, -0.2) is 4.68 Å². The van der Waals surface area contributed by atoms with Gasteiger partial charge in [-0.3, -0.25) is 14.9 Å². The van der Waals surface area contributed by atoms with Crippen LogP contribution >= 0.6 is 0 Å². The fraction of sp³-hybridized carbons (Fsp3) is 0.364. The maximum absolute atomic E-state index is 12.8. The van der Waals surface area contributed by atoms with E-state index in [1.165, 1.54) is 25.3 Å². The Bertz CT molecular complexity index is 1170. The third-order valence-corrected chi connectivity index (χ3v) is 5.70. The van der Waals surface area contributed by atoms with Crippen molar-refractivity contribution in [1.29, 1.82) is 0 Å². The molecule has 1 N–H and O–H groups in total. The number of hydrogen-bond donors (Lipinski definition) is 1. The molecule has 11 heteroatoms. The minimum Gasteiger partial charge on any atom is -0.495 e. The summed E-state index contributed by atoms with van der Waals surface area (Å²) in [5.41, 5.74) is 2.09. The number of nitrogens with zero attached hydrogens (tertiary/aromatic N) is 6. The number of nitro groups is 1. The number of anilines is 2. The quantitative estimate of drug-likeness (QED) is 0.447. The topological polar surface area (TPSA) is 128 Å². The number of hydrogen-bond acceptors (Lipinski definition) is 8. The van der Waals surface area contributed by atoms with Gasteiger partial charge in [0.05, 0.1) is 23.4 Å². The number of rotatable bonds is 6. The molecule has 1 aromatic carbocycles. The molecule has 1 aliphatic rings. The first kappa shape index (κ1) is 22.2. The summed E-state index contributed by atoms with van der Waals surface area (Å²) in [6, 6.07) is 9.90. The highest BCUT2D eigenvalue weighted by Crippen LogP contribution is 2.30. The predicted octanol–water partition coefficient (Wildman–Crippen LogP) is 3.05. The monoisotopic (exact) mass is 451 g/mol. The van der Waals surface area contributed by atoms with Crippen LogP contribution in [0.15, 0.2) is 36.4 Å². The summed E-state index contributed by atoms with van der Waals surface area (Å²) in [6.45, 7) is 5.20. The van der Waals surface area contributed by atoms with E-state index in [0.29, 0.717) is 43.2 Å². The molecule has 1 saturated heterocycles. The van der Waals surface area contributed by atoms with Crippen molar-refractivity contribution in [1.82, 2.24) is 20.0 Å². The zero-order chi connectivity index (χ0) is 23.5. The molecule has 0 radical (unpaired) electrons. The molecule has 3 aromatic rings. The Labute approximate surface area is 190 Å². The van der Waals surface area contributed by atoms with E-state index in [0.717, 1.165) is 17.2 Å². The van der Waals surface area contributed by atoms with Crippen molar-refractivity contribution < 1.29 is 14.5 Å². The van der Waals surface area contributed by atoms with Gasteiger partial charge in [-0.2, -0.15) is 5.10 Å². The molecule has 0 aliphatic carbocycles. The highest BCUT2D eigenvalue weighted by Gasteiger charge is 2.27. The van der Waals surface area contributed by atoms with E-state index in [2.05, 4.69) is 25.5 Å². The number of ether oxygens (including phenoxy) is 1. The highest BCUT2D eigenvalue weighted by molar-refractivity contribution is 5.94. The van der Waals surface area contributed by atoms with Gasteiger partial charge in [0.1, 0.15) is 5.75 Å². The van der Waals surface area contributed by atoms with Crippen LogP contribution in [0, 0.1) is 29.9 Å². The minimum atomic E-state index is -0.505. The summed E-state index contributed by atoms with van der Waals surface area (Å²) in [5.74, 6) is 1.39. The van der Waals surface area contributed by atoms with E-state index in [-0.39, 0.29) is 17.5 Å². The third-order valence-electron chi connectivity index (χ3n) is 5.70. The van der Waals surface area contributed by atoms with Crippen LogP contribution in [0.2, 0.25) is 0 Å². The molecule has 0 unspecified atom stereocenters. The highest BCUT2D eigenvalue weighted by atomic mass is 16.6. The van der Waals surface area contributed by atoms with Gasteiger partial charge in [-0.15, -0.1) is 10.2 Å². The molecule has 1 aliphatic heterocycles. The number of nitro benzene ring substituents is 1. The van der Waals surface area contributed by atoms with Crippen LogP contribution in [0.4, 0.5) is 17.2 Å². The number of non-ortho nitro benzene ring substituents is 1. The second-order valence-electron chi connectivity index (χ2n) is 7.98. The van der Waals surface area contributed by atoms with Gasteiger partial charge in [0.25, 0.3) is 5.69 Å². The van der Waals surface area contributed by atoms with Crippen molar-refractivity contribution in [2.45, 2.75) is 26.7 Å². The average molecular weight is 451 g/mol. The van der Waals surface area contributed by atoms with E-state index < -0.39 is 4.92 Å². The Hall–Kier alpha value is -4.02. The summed E-state index contributed by atoms with van der Waals surface area (Å²) in [4.78, 5) is 25.5. The lowest BCUT2D eigenvalue weighted by molar-refractivity contribution is -0.384. The summed E-state index contributed by atoms with van der Waals surface area (Å²) < 4.78 is 6.98. The van der Waals surface area contributed by atoms with Crippen LogP contribution in [-0.4, -0.2) is 51.0 Å². The zero-order valence-corrected chi connectivity index (χ0v) is 18.7. The summed E-state index contributed by atoms with van der Waals surface area (Å²) in [7, 11) is 1.45. The Kier molecular flexibility index (Phi) is 6.20. The molecular weight excluding hydrogens is 426 g/mol. The molecule has 33 heavy (non-hydrogen) atoms. The number of nitrogens with one attached hydrogen (secondary N) is 1. The second-order valence-corrected chi connectivity index (χ2v) is 7.98. The average Bonchev–Trinajstić information content (AvgIpc) is 3.17. The molecule has 2 aromatic heterocycles. The zero-order valence-electron chi connectivity index (χ0n) is 18.7. The number of benzene rings is 1. The first-order chi connectivity index (χ1) is 15.9. The molecule has 0 spiro atoms. The normalized spacial score (nSPS) is 14.2. The number of carbonyl (C=O) groups excluding carboxylic acids is 1. The van der Waals surface area contributed by atoms with E-state index in [1.807, 2.05) is 32.0 Å². The first-order valence-corrected chi connectivity index (χ1v) is 10.6. The molecule has 1 fully saturated rings. The number of aromatic nitrogens is 4. The molecule has 11 nitrogen and oxygen atoms in total. The first-order valence-electron chi connectivity index (χ1n) is 10.6. The maximum Gasteiger partial charge on any atom is 0.271 e. The summed E-state index contributed by atoms with van der Waals surface area (Å²) in [6.07, 6.45) is 1.26. The lowest BCUT2D eigenvalue weighted by Crippen LogP contribution is -2.38. The van der Waals surface area contributed by atoms with Crippen LogP contribution < -0.4 is 15.0 Å². The lowest BCUT2D eigenvalue weighted by Gasteiger charge is -2.31. The van der Waals surface area contributed by atoms with Crippen molar-refractivity contribution >= 4 is 23.1 Å². The Morgan fingerprint density at radius 2 is 1.82 bits per heavy atom. The summed E-state index contributed by atoms with van der Waals surface area (Å²) in [5, 5.41) is 26.9. The fourth-order valence-electron chi connectivity index (χ4n) is 3.97. The Balaban J connectivity index is 1.38. The van der Waals surface area contributed by atoms with Crippen LogP contribution in [0.3, 0.4) is 0 Å². The van der Waals surface area contributed by atoms with Gasteiger partial charge in [-0.1, -0.05) is 0 Å². The third kappa shape index (κ3) is 4.76. The van der Waals surface area contributed by atoms with E-state index in [9.17, 15) is 14.9 Å². The van der Waals surface area contributed by atoms with Crippen molar-refractivity contribution in [2.24, 2.45) is 5.92 Å². The molecule has 0 saturated carbocycles. The van der Waals surface area contributed by atoms with Crippen LogP contribution in [0.25, 0.3) is 5.82 Å². The molecule has 0 bridgehead atoms. The van der Waals surface area contributed by atoms with Crippen molar-refractivity contribution in [3.63, 3.8) is 0 Å². The van der Waals surface area contributed by atoms with Crippen molar-refractivity contribution in [3.8, 4) is 11.6 Å². The summed E-state index contributed by atoms with van der Waals surface area (Å²) >= 11 is 0. The largest absolute Gasteiger partial charge is 0.495 e. The van der Waals surface area contributed by atoms with Crippen molar-refractivity contribution in [3.05, 3.63) is 57.9 Å². The molecular formula is C22H25N7O4. The molecule has 1 amide bonds. The van der Waals surface area contributed by atoms with E-state index in [1.54, 1.807) is 4.68 Å². The van der Waals surface area contributed by atoms with Gasteiger partial charge in [0.15, 0.2) is 11.6 Å². The number of piperidine rings is 1. The number of amides is 1. The van der Waals surface area contributed by atoms with Crippen LogP contribution in [0.5, 0.6) is 5.75 Å². The fourth-order valence-corrected chi connectivity index (χ4v) is 3.97. The molecule has 3 heterocycles. The molecule has 172 valence electrons. The Morgan fingerprint density at radius 1 is 1.12 bits per heavy atom. The Morgan fingerprint density at radius 3 is 2.39 bits per heavy atom. The number of aryl methyl sites for hydroxylation is 2. The number of carbonyl (C=O) groups is 1. The smallest absolute Gasteiger partial charge is 0.271 e. The molecule has 4 rings (SSSR count). The lowest BCUT2D eigenvalue weighted by atomic mass is 9.95. The number of methoxy groups -OCH3 is 1. The van der Waals surface area contributed by atoms with E-state index >= 15 is 0 Å². The molecule has 0 atom stereocenters. The van der Waals surface area contributed by atoms with Crippen LogP contribution in [-0.2, 0) is 4.79 Å². The van der Waals surface area contributed by atoms with Gasteiger partial charge in [0.2, 0.25) is 5.91 Å². The van der Waals surface area contributed by atoms with Gasteiger partial charge in [0, 0.05) is 36.8 Å². The van der Waals surface area contributed by atoms with Gasteiger partial charge >= 0.3 is 0 Å².